The Morgan fingerprint density at radius 3 is 2.59 bits per heavy atom. The third-order valence-corrected chi connectivity index (χ3v) is 5.25. The molecule has 0 bridgehead atoms. The van der Waals surface area contributed by atoms with Crippen LogP contribution in [0.4, 0.5) is 0 Å². The molecular weight excluding hydrogens is 296 g/mol. The van der Waals surface area contributed by atoms with Crippen LogP contribution in [-0.4, -0.2) is 17.2 Å². The highest BCUT2D eigenvalue weighted by Gasteiger charge is 2.33. The molecule has 0 unspecified atom stereocenters. The topological polar surface area (TPSA) is 47.6 Å². The highest BCUT2D eigenvalue weighted by atomic mass is 32.1. The van der Waals surface area contributed by atoms with Gasteiger partial charge >= 0.3 is 0 Å². The van der Waals surface area contributed by atoms with E-state index in [1.54, 1.807) is 11.3 Å². The molecule has 0 aliphatic carbocycles. The number of nitrogens with zero attached hydrogens (tertiary/aromatic N) is 2. The van der Waals surface area contributed by atoms with Gasteiger partial charge in [-0.1, -0.05) is 12.1 Å². The lowest BCUT2D eigenvalue weighted by Crippen LogP contribution is -2.14. The zero-order valence-electron chi connectivity index (χ0n) is 14.0. The van der Waals surface area contributed by atoms with Crippen molar-refractivity contribution in [2.45, 2.75) is 60.1 Å². The van der Waals surface area contributed by atoms with Gasteiger partial charge in [0.2, 0.25) is 5.90 Å². The molecule has 3 heterocycles. The van der Waals surface area contributed by atoms with Gasteiger partial charge in [-0.2, -0.15) is 0 Å². The molecule has 0 saturated carbocycles. The maximum atomic E-state index is 6.06. The minimum Gasteiger partial charge on any atom is -0.475 e. The van der Waals surface area contributed by atoms with Crippen molar-refractivity contribution in [3.63, 3.8) is 0 Å². The van der Waals surface area contributed by atoms with E-state index in [2.05, 4.69) is 25.9 Å². The van der Waals surface area contributed by atoms with Gasteiger partial charge in [-0.05, 0) is 46.6 Å². The molecule has 1 aliphatic heterocycles. The molecule has 118 valence electrons. The molecule has 0 fully saturated rings. The third kappa shape index (κ3) is 2.28. The molecule has 0 N–H and O–H groups in total. The van der Waals surface area contributed by atoms with Crippen LogP contribution < -0.4 is 0 Å². The Labute approximate surface area is 135 Å². The average molecular weight is 318 g/mol. The Kier molecular flexibility index (Phi) is 3.85. The number of aromatic nitrogens is 1. The van der Waals surface area contributed by atoms with Crippen LogP contribution in [0.1, 0.15) is 60.7 Å². The Balaban J connectivity index is 2.30. The highest BCUT2D eigenvalue weighted by Crippen LogP contribution is 2.45. The van der Waals surface area contributed by atoms with Gasteiger partial charge in [-0.15, -0.1) is 11.3 Å². The Morgan fingerprint density at radius 1 is 1.23 bits per heavy atom. The minimum atomic E-state index is -0.0377. The number of hydrogen-bond donors (Lipinski definition) is 0. The molecule has 4 nitrogen and oxygen atoms in total. The van der Waals surface area contributed by atoms with Gasteiger partial charge < -0.3 is 9.26 Å². The van der Waals surface area contributed by atoms with E-state index in [-0.39, 0.29) is 12.1 Å². The molecule has 5 heteroatoms. The predicted molar refractivity (Wildman–Crippen MR) is 89.8 cm³/mol. The van der Waals surface area contributed by atoms with E-state index in [1.807, 2.05) is 20.8 Å². The molecular formula is C17H22N2O2S. The molecule has 0 amide bonds. The number of aliphatic imine (C=N–C) groups is 1. The van der Waals surface area contributed by atoms with E-state index in [0.717, 1.165) is 34.9 Å². The van der Waals surface area contributed by atoms with Crippen molar-refractivity contribution >= 4 is 17.2 Å². The number of thiophene rings is 1. The van der Waals surface area contributed by atoms with Crippen molar-refractivity contribution in [3.8, 4) is 10.4 Å². The van der Waals surface area contributed by atoms with Crippen molar-refractivity contribution in [2.24, 2.45) is 4.99 Å². The van der Waals surface area contributed by atoms with Crippen molar-refractivity contribution in [3.05, 3.63) is 27.5 Å². The van der Waals surface area contributed by atoms with Gasteiger partial charge in [0.15, 0.2) is 5.76 Å². The Morgan fingerprint density at radius 2 is 1.95 bits per heavy atom. The maximum absolute atomic E-state index is 6.06. The summed E-state index contributed by atoms with van der Waals surface area (Å²) in [6.07, 6.45) is 0.951. The first-order chi connectivity index (χ1) is 10.4. The third-order valence-electron chi connectivity index (χ3n) is 4.03. The van der Waals surface area contributed by atoms with Crippen LogP contribution in [0.25, 0.3) is 10.4 Å². The van der Waals surface area contributed by atoms with Crippen molar-refractivity contribution in [1.29, 1.82) is 0 Å². The lowest BCUT2D eigenvalue weighted by Gasteiger charge is -2.14. The molecule has 0 radical (unpaired) electrons. The van der Waals surface area contributed by atoms with Crippen LogP contribution >= 0.6 is 11.3 Å². The second kappa shape index (κ2) is 5.54. The van der Waals surface area contributed by atoms with Gasteiger partial charge in [-0.3, -0.25) is 0 Å². The first kappa shape index (κ1) is 15.3. The van der Waals surface area contributed by atoms with E-state index in [9.17, 15) is 0 Å². The normalized spacial score (nSPS) is 17.0. The first-order valence-corrected chi connectivity index (χ1v) is 8.57. The van der Waals surface area contributed by atoms with Crippen LogP contribution in [0.15, 0.2) is 9.52 Å². The SMILES string of the molecule is CC[C@@H]1N=C(OC(C)C)c2c(sc(C)c2C)-c2c(C)noc21. The standard InChI is InChI=1S/C17H22N2O2S/c1-7-12-15-14(10(5)19-21-15)16-13(9(4)11(6)22-16)17(18-12)20-8(2)3/h8,12H,7H2,1-6H3/t12-/m0/s1. The fourth-order valence-electron chi connectivity index (χ4n) is 2.81. The van der Waals surface area contributed by atoms with Crippen molar-refractivity contribution in [1.82, 2.24) is 5.16 Å². The summed E-state index contributed by atoms with van der Waals surface area (Å²) in [5.74, 6) is 1.61. The summed E-state index contributed by atoms with van der Waals surface area (Å²) in [6.45, 7) is 12.5. The fourth-order valence-corrected chi connectivity index (χ4v) is 4.06. The molecule has 0 aromatic carbocycles. The lowest BCUT2D eigenvalue weighted by molar-refractivity contribution is 0.226. The molecule has 22 heavy (non-hydrogen) atoms. The van der Waals surface area contributed by atoms with Gasteiger partial charge in [0.25, 0.3) is 0 Å². The van der Waals surface area contributed by atoms with E-state index < -0.39 is 0 Å². The van der Waals surface area contributed by atoms with Gasteiger partial charge in [0.05, 0.1) is 27.8 Å². The lowest BCUT2D eigenvalue weighted by atomic mass is 10.0. The van der Waals surface area contributed by atoms with E-state index >= 15 is 0 Å². The number of ether oxygens (including phenoxy) is 1. The number of rotatable bonds is 2. The highest BCUT2D eigenvalue weighted by molar-refractivity contribution is 7.16. The zero-order chi connectivity index (χ0) is 16.0. The van der Waals surface area contributed by atoms with E-state index in [0.29, 0.717) is 0 Å². The van der Waals surface area contributed by atoms with Gasteiger partial charge in [0.1, 0.15) is 6.04 Å². The number of hydrogen-bond acceptors (Lipinski definition) is 5. The second-order valence-electron chi connectivity index (χ2n) is 6.02. The molecule has 2 aromatic heterocycles. The summed E-state index contributed by atoms with van der Waals surface area (Å²) >= 11 is 1.77. The summed E-state index contributed by atoms with van der Waals surface area (Å²) in [5, 5.41) is 4.18. The summed E-state index contributed by atoms with van der Waals surface area (Å²) < 4.78 is 11.7. The predicted octanol–water partition coefficient (Wildman–Crippen LogP) is 4.96. The van der Waals surface area contributed by atoms with Crippen molar-refractivity contribution in [2.75, 3.05) is 0 Å². The van der Waals surface area contributed by atoms with Crippen LogP contribution in [-0.2, 0) is 4.74 Å². The van der Waals surface area contributed by atoms with Crippen LogP contribution in [0.2, 0.25) is 0 Å². The van der Waals surface area contributed by atoms with Crippen molar-refractivity contribution < 1.29 is 9.26 Å². The molecule has 1 aliphatic rings. The maximum Gasteiger partial charge on any atom is 0.218 e. The summed E-state index contributed by atoms with van der Waals surface area (Å²) in [5.41, 5.74) is 4.38. The summed E-state index contributed by atoms with van der Waals surface area (Å²) in [4.78, 5) is 7.34. The largest absolute Gasteiger partial charge is 0.475 e. The fraction of sp³-hybridized carbons (Fsp3) is 0.529. The monoisotopic (exact) mass is 318 g/mol. The quantitative estimate of drug-likeness (QED) is 0.786. The Hall–Kier alpha value is -1.62. The minimum absolute atomic E-state index is 0.0377. The smallest absolute Gasteiger partial charge is 0.218 e. The summed E-state index contributed by atoms with van der Waals surface area (Å²) in [6, 6.07) is -0.0377. The van der Waals surface area contributed by atoms with E-state index in [1.165, 1.54) is 15.3 Å². The molecule has 2 aromatic rings. The zero-order valence-corrected chi connectivity index (χ0v) is 14.8. The van der Waals surface area contributed by atoms with E-state index in [4.69, 9.17) is 14.3 Å². The summed E-state index contributed by atoms with van der Waals surface area (Å²) in [7, 11) is 0. The van der Waals surface area contributed by atoms with Crippen LogP contribution in [0.3, 0.4) is 0 Å². The van der Waals surface area contributed by atoms with Crippen LogP contribution in [0.5, 0.6) is 0 Å². The van der Waals surface area contributed by atoms with Gasteiger partial charge in [0, 0.05) is 4.88 Å². The molecule has 3 rings (SSSR count). The first-order valence-electron chi connectivity index (χ1n) is 7.75. The second-order valence-corrected chi connectivity index (χ2v) is 7.24. The van der Waals surface area contributed by atoms with Gasteiger partial charge in [-0.25, -0.2) is 4.99 Å². The Bertz CT molecular complexity index is 740. The average Bonchev–Trinajstić information content (AvgIpc) is 2.92. The molecule has 1 atom stereocenters. The number of aryl methyl sites for hydroxylation is 2. The molecule has 0 spiro atoms. The van der Waals surface area contributed by atoms with Crippen LogP contribution in [0, 0.1) is 20.8 Å². The molecule has 0 saturated heterocycles. The number of fused-ring (bicyclic) bond motifs is 3.